The molecule has 0 aromatic carbocycles. The first-order chi connectivity index (χ1) is 9.74. The number of amides is 1. The second-order valence-corrected chi connectivity index (χ2v) is 6.31. The highest BCUT2D eigenvalue weighted by atomic mass is 32.1. The van der Waals surface area contributed by atoms with Crippen LogP contribution in [0.15, 0.2) is 29.9 Å². The van der Waals surface area contributed by atoms with Crippen molar-refractivity contribution >= 4 is 17.2 Å². The van der Waals surface area contributed by atoms with Gasteiger partial charge in [-0.15, -0.1) is 11.3 Å². The lowest BCUT2D eigenvalue weighted by atomic mass is 10.0. The summed E-state index contributed by atoms with van der Waals surface area (Å²) in [5.74, 6) is 1.28. The number of hydrogen-bond donors (Lipinski definition) is 0. The Morgan fingerprint density at radius 1 is 1.55 bits per heavy atom. The summed E-state index contributed by atoms with van der Waals surface area (Å²) in [6.07, 6.45) is 6.58. The molecule has 0 unspecified atom stereocenters. The Morgan fingerprint density at radius 3 is 3.15 bits per heavy atom. The zero-order chi connectivity index (χ0) is 13.9. The van der Waals surface area contributed by atoms with Crippen LogP contribution in [0.25, 0.3) is 0 Å². The van der Waals surface area contributed by atoms with Crippen LogP contribution in [0.4, 0.5) is 0 Å². The third-order valence-corrected chi connectivity index (χ3v) is 4.79. The average molecular weight is 289 g/mol. The van der Waals surface area contributed by atoms with Crippen LogP contribution in [0.3, 0.4) is 0 Å². The molecule has 0 radical (unpaired) electrons. The van der Waals surface area contributed by atoms with Crippen molar-refractivity contribution in [2.75, 3.05) is 13.1 Å². The largest absolute Gasteiger partial charge is 0.340 e. The molecule has 1 atom stereocenters. The zero-order valence-corrected chi connectivity index (χ0v) is 12.5. The van der Waals surface area contributed by atoms with Crippen LogP contribution in [0.2, 0.25) is 0 Å². The first-order valence-corrected chi connectivity index (χ1v) is 7.91. The summed E-state index contributed by atoms with van der Waals surface area (Å²) >= 11 is 1.65. The summed E-state index contributed by atoms with van der Waals surface area (Å²) in [6, 6.07) is 4.41. The molecule has 1 amide bonds. The van der Waals surface area contributed by atoms with Crippen LogP contribution < -0.4 is 0 Å². The molecule has 106 valence electrons. The number of carbonyl (C=O) groups excluding carboxylic acids is 1. The van der Waals surface area contributed by atoms with E-state index in [0.29, 0.717) is 12.5 Å². The number of likely N-dealkylation sites (tertiary alicyclic amines) is 1. The van der Waals surface area contributed by atoms with Crippen LogP contribution >= 0.6 is 11.3 Å². The van der Waals surface area contributed by atoms with Crippen LogP contribution in [0.5, 0.6) is 0 Å². The van der Waals surface area contributed by atoms with E-state index in [-0.39, 0.29) is 5.91 Å². The number of rotatable bonds is 3. The lowest BCUT2D eigenvalue weighted by Crippen LogP contribution is -2.41. The molecular formula is C15H19N3OS. The summed E-state index contributed by atoms with van der Waals surface area (Å²) in [5, 5.41) is 2.02. The summed E-state index contributed by atoms with van der Waals surface area (Å²) in [5.41, 5.74) is 0. The van der Waals surface area contributed by atoms with Crippen LogP contribution in [-0.4, -0.2) is 33.4 Å². The minimum Gasteiger partial charge on any atom is -0.340 e. The molecule has 0 aliphatic carbocycles. The molecule has 2 aromatic heterocycles. The quantitative estimate of drug-likeness (QED) is 0.871. The molecule has 4 nitrogen and oxygen atoms in total. The zero-order valence-electron chi connectivity index (χ0n) is 11.7. The SMILES string of the molecule is Cc1nccn1[C@H]1CCCN(C(=O)Cc2cccs2)C1. The van der Waals surface area contributed by atoms with E-state index < -0.39 is 0 Å². The number of carbonyl (C=O) groups is 1. The fraction of sp³-hybridized carbons (Fsp3) is 0.467. The van der Waals surface area contributed by atoms with Crippen molar-refractivity contribution < 1.29 is 4.79 Å². The normalized spacial score (nSPS) is 19.2. The van der Waals surface area contributed by atoms with Crippen LogP contribution in [0.1, 0.15) is 29.6 Å². The Kier molecular flexibility index (Phi) is 3.87. The Labute approximate surface area is 123 Å². The highest BCUT2D eigenvalue weighted by Gasteiger charge is 2.25. The van der Waals surface area contributed by atoms with E-state index in [9.17, 15) is 4.79 Å². The summed E-state index contributed by atoms with van der Waals surface area (Å²) in [7, 11) is 0. The van der Waals surface area contributed by atoms with E-state index in [0.717, 1.165) is 36.6 Å². The van der Waals surface area contributed by atoms with Crippen molar-refractivity contribution in [3.63, 3.8) is 0 Å². The molecule has 0 spiro atoms. The summed E-state index contributed by atoms with van der Waals surface area (Å²) in [6.45, 7) is 3.71. The molecule has 1 aliphatic heterocycles. The van der Waals surface area contributed by atoms with Gasteiger partial charge in [0.15, 0.2) is 0 Å². The predicted molar refractivity (Wildman–Crippen MR) is 79.8 cm³/mol. The van der Waals surface area contributed by atoms with Crippen molar-refractivity contribution in [3.8, 4) is 0 Å². The van der Waals surface area contributed by atoms with Crippen molar-refractivity contribution in [1.82, 2.24) is 14.5 Å². The minimum absolute atomic E-state index is 0.245. The van der Waals surface area contributed by atoms with E-state index in [1.165, 1.54) is 0 Å². The number of nitrogens with zero attached hydrogens (tertiary/aromatic N) is 3. The number of hydrogen-bond acceptors (Lipinski definition) is 3. The van der Waals surface area contributed by atoms with Gasteiger partial charge in [-0.25, -0.2) is 4.98 Å². The maximum Gasteiger partial charge on any atom is 0.227 e. The molecule has 2 aromatic rings. The van der Waals surface area contributed by atoms with Gasteiger partial charge in [-0.2, -0.15) is 0 Å². The fourth-order valence-corrected chi connectivity index (χ4v) is 3.55. The Bertz CT molecular complexity index is 576. The molecule has 20 heavy (non-hydrogen) atoms. The molecule has 1 aliphatic rings. The topological polar surface area (TPSA) is 38.1 Å². The van der Waals surface area contributed by atoms with E-state index in [4.69, 9.17) is 0 Å². The van der Waals surface area contributed by atoms with E-state index >= 15 is 0 Å². The Hall–Kier alpha value is -1.62. The highest BCUT2D eigenvalue weighted by molar-refractivity contribution is 7.10. The lowest BCUT2D eigenvalue weighted by Gasteiger charge is -2.34. The van der Waals surface area contributed by atoms with Gasteiger partial charge in [0.2, 0.25) is 5.91 Å². The van der Waals surface area contributed by atoms with Gasteiger partial charge in [-0.3, -0.25) is 4.79 Å². The smallest absolute Gasteiger partial charge is 0.227 e. The number of piperidine rings is 1. The van der Waals surface area contributed by atoms with Gasteiger partial charge >= 0.3 is 0 Å². The number of thiophene rings is 1. The number of imidazole rings is 1. The maximum atomic E-state index is 12.4. The first kappa shape index (κ1) is 13.4. The fourth-order valence-electron chi connectivity index (χ4n) is 2.86. The highest BCUT2D eigenvalue weighted by Crippen LogP contribution is 2.23. The monoisotopic (exact) mass is 289 g/mol. The minimum atomic E-state index is 0.245. The summed E-state index contributed by atoms with van der Waals surface area (Å²) in [4.78, 5) is 19.8. The molecule has 0 N–H and O–H groups in total. The molecule has 3 rings (SSSR count). The van der Waals surface area contributed by atoms with E-state index in [1.54, 1.807) is 11.3 Å². The van der Waals surface area contributed by atoms with Crippen molar-refractivity contribution in [2.45, 2.75) is 32.2 Å². The van der Waals surface area contributed by atoms with Gasteiger partial charge in [-0.05, 0) is 31.2 Å². The molecule has 3 heterocycles. The number of aromatic nitrogens is 2. The molecule has 1 saturated heterocycles. The molecule has 0 saturated carbocycles. The third kappa shape index (κ3) is 2.77. The van der Waals surface area contributed by atoms with Crippen LogP contribution in [0, 0.1) is 6.92 Å². The third-order valence-electron chi connectivity index (χ3n) is 3.91. The second-order valence-electron chi connectivity index (χ2n) is 5.27. The first-order valence-electron chi connectivity index (χ1n) is 7.03. The van der Waals surface area contributed by atoms with Gasteiger partial charge in [0.1, 0.15) is 5.82 Å². The van der Waals surface area contributed by atoms with Crippen molar-refractivity contribution in [2.24, 2.45) is 0 Å². The molecule has 1 fully saturated rings. The molecule has 5 heteroatoms. The number of aryl methyl sites for hydroxylation is 1. The maximum absolute atomic E-state index is 12.4. The van der Waals surface area contributed by atoms with Gasteiger partial charge in [0, 0.05) is 30.4 Å². The average Bonchev–Trinajstić information content (AvgIpc) is 3.10. The predicted octanol–water partition coefficient (Wildman–Crippen LogP) is 2.66. The second kappa shape index (κ2) is 5.79. The van der Waals surface area contributed by atoms with Crippen LogP contribution in [-0.2, 0) is 11.2 Å². The van der Waals surface area contributed by atoms with E-state index in [1.807, 2.05) is 41.7 Å². The van der Waals surface area contributed by atoms with Gasteiger partial charge in [0.25, 0.3) is 0 Å². The standard InChI is InChI=1S/C15H19N3OS/c1-12-16-6-8-18(12)13-4-2-7-17(11-13)15(19)10-14-5-3-9-20-14/h3,5-6,8-9,13H,2,4,7,10-11H2,1H3/t13-/m0/s1. The lowest BCUT2D eigenvalue weighted by molar-refractivity contribution is -0.132. The van der Waals surface area contributed by atoms with E-state index in [2.05, 4.69) is 9.55 Å². The summed E-state index contributed by atoms with van der Waals surface area (Å²) < 4.78 is 2.20. The van der Waals surface area contributed by atoms with Gasteiger partial charge < -0.3 is 9.47 Å². The Balaban J connectivity index is 1.66. The van der Waals surface area contributed by atoms with Gasteiger partial charge in [0.05, 0.1) is 12.5 Å². The Morgan fingerprint density at radius 2 is 2.45 bits per heavy atom. The van der Waals surface area contributed by atoms with Gasteiger partial charge in [-0.1, -0.05) is 6.07 Å². The van der Waals surface area contributed by atoms with Crippen molar-refractivity contribution in [3.05, 3.63) is 40.6 Å². The molecule has 0 bridgehead atoms. The van der Waals surface area contributed by atoms with Crippen molar-refractivity contribution in [1.29, 1.82) is 0 Å². The molecular weight excluding hydrogens is 270 g/mol.